The van der Waals surface area contributed by atoms with Crippen LogP contribution in [-0.4, -0.2) is 16.9 Å². The van der Waals surface area contributed by atoms with Crippen LogP contribution in [0.3, 0.4) is 0 Å². The van der Waals surface area contributed by atoms with Crippen LogP contribution in [0.4, 0.5) is 0 Å². The van der Waals surface area contributed by atoms with Crippen molar-refractivity contribution in [1.29, 1.82) is 0 Å². The summed E-state index contributed by atoms with van der Waals surface area (Å²) in [7, 11) is 0. The molecule has 6 heteroatoms. The van der Waals surface area contributed by atoms with Crippen LogP contribution < -0.4 is 4.80 Å². The van der Waals surface area contributed by atoms with E-state index >= 15 is 0 Å². The van der Waals surface area contributed by atoms with Gasteiger partial charge in [0.1, 0.15) is 5.76 Å². The van der Waals surface area contributed by atoms with Crippen molar-refractivity contribution in [3.05, 3.63) is 63.6 Å². The highest BCUT2D eigenvalue weighted by atomic mass is 35.5. The van der Waals surface area contributed by atoms with Gasteiger partial charge in [-0.05, 0) is 38.1 Å². The van der Waals surface area contributed by atoms with E-state index in [1.165, 1.54) is 0 Å². The highest BCUT2D eigenvalue weighted by Crippen LogP contribution is 2.23. The molecule has 1 aromatic carbocycles. The third-order valence-corrected chi connectivity index (χ3v) is 4.08. The van der Waals surface area contributed by atoms with Gasteiger partial charge in [-0.1, -0.05) is 23.7 Å². The molecule has 2 aromatic heterocycles. The topological polar surface area (TPSA) is 42.8 Å². The molecule has 0 spiro atoms. The monoisotopic (exact) mass is 345 g/mol. The van der Waals surface area contributed by atoms with Crippen LogP contribution in [0.15, 0.2) is 62.6 Å². The quantitative estimate of drug-likeness (QED) is 0.634. The molecule has 0 atom stereocenters. The Morgan fingerprint density at radius 2 is 2.13 bits per heavy atom. The first-order valence-electron chi connectivity index (χ1n) is 7.21. The third-order valence-electron chi connectivity index (χ3n) is 3.02. The number of furan rings is 1. The van der Waals surface area contributed by atoms with Crippen molar-refractivity contribution in [2.24, 2.45) is 10.1 Å². The highest BCUT2D eigenvalue weighted by molar-refractivity contribution is 7.07. The van der Waals surface area contributed by atoms with E-state index in [1.807, 2.05) is 60.3 Å². The summed E-state index contributed by atoms with van der Waals surface area (Å²) >= 11 is 7.67. The Labute approximate surface area is 143 Å². The first-order valence-corrected chi connectivity index (χ1v) is 8.47. The van der Waals surface area contributed by atoms with Crippen LogP contribution in [0.5, 0.6) is 0 Å². The van der Waals surface area contributed by atoms with Crippen molar-refractivity contribution in [2.45, 2.75) is 19.9 Å². The van der Waals surface area contributed by atoms with Crippen LogP contribution in [0.25, 0.3) is 11.3 Å². The summed E-state index contributed by atoms with van der Waals surface area (Å²) in [6.45, 7) is 4.08. The van der Waals surface area contributed by atoms with Gasteiger partial charge in [0.05, 0.1) is 18.2 Å². The molecule has 2 heterocycles. The van der Waals surface area contributed by atoms with E-state index in [-0.39, 0.29) is 6.04 Å². The number of nitrogens with zero attached hydrogens (tertiary/aromatic N) is 3. The molecule has 0 saturated carbocycles. The van der Waals surface area contributed by atoms with Gasteiger partial charge in [-0.2, -0.15) is 5.10 Å². The van der Waals surface area contributed by atoms with Crippen LogP contribution in [0, 0.1) is 0 Å². The molecule has 118 valence electrons. The van der Waals surface area contributed by atoms with E-state index in [2.05, 4.69) is 10.1 Å². The van der Waals surface area contributed by atoms with Gasteiger partial charge in [0, 0.05) is 22.0 Å². The van der Waals surface area contributed by atoms with Gasteiger partial charge in [-0.3, -0.25) is 4.99 Å². The number of thiazole rings is 1. The standard InChI is InChI=1S/C17H16ClN3OS/c1-12(2)20-17-21(19-10-15-7-4-8-22-15)16(11-23-17)13-5-3-6-14(18)9-13/h3-12H,1-2H3. The maximum atomic E-state index is 6.11. The SMILES string of the molecule is CC(C)N=c1scc(-c2cccc(Cl)c2)n1N=Cc1ccco1. The van der Waals surface area contributed by atoms with Crippen molar-refractivity contribution < 1.29 is 4.42 Å². The number of hydrogen-bond donors (Lipinski definition) is 0. The molecule has 0 aliphatic heterocycles. The first kappa shape index (κ1) is 15.8. The summed E-state index contributed by atoms with van der Waals surface area (Å²) in [5, 5.41) is 7.27. The predicted molar refractivity (Wildman–Crippen MR) is 95.2 cm³/mol. The van der Waals surface area contributed by atoms with Crippen molar-refractivity contribution in [2.75, 3.05) is 0 Å². The van der Waals surface area contributed by atoms with E-state index in [1.54, 1.807) is 23.8 Å². The molecule has 0 bridgehead atoms. The minimum absolute atomic E-state index is 0.186. The van der Waals surface area contributed by atoms with Gasteiger partial charge < -0.3 is 4.42 Å². The van der Waals surface area contributed by atoms with E-state index in [0.29, 0.717) is 10.8 Å². The predicted octanol–water partition coefficient (Wildman–Crippen LogP) is 4.65. The zero-order valence-electron chi connectivity index (χ0n) is 12.8. The van der Waals surface area contributed by atoms with E-state index in [0.717, 1.165) is 16.1 Å². The molecule has 0 aliphatic carbocycles. The molecule has 4 nitrogen and oxygen atoms in total. The maximum Gasteiger partial charge on any atom is 0.206 e. The fraction of sp³-hybridized carbons (Fsp3) is 0.176. The van der Waals surface area contributed by atoms with Crippen molar-refractivity contribution in [1.82, 2.24) is 4.68 Å². The summed E-state index contributed by atoms with van der Waals surface area (Å²) in [4.78, 5) is 5.46. The summed E-state index contributed by atoms with van der Waals surface area (Å²) in [6, 6.07) is 11.6. The van der Waals surface area contributed by atoms with Crippen LogP contribution >= 0.6 is 22.9 Å². The molecule has 3 aromatic rings. The Balaban J connectivity index is 2.11. The third kappa shape index (κ3) is 3.81. The lowest BCUT2D eigenvalue weighted by Crippen LogP contribution is -2.14. The Bertz CT molecular complexity index is 875. The van der Waals surface area contributed by atoms with E-state index in [9.17, 15) is 0 Å². The second kappa shape index (κ2) is 6.98. The fourth-order valence-electron chi connectivity index (χ4n) is 2.05. The zero-order valence-corrected chi connectivity index (χ0v) is 14.4. The second-order valence-electron chi connectivity index (χ2n) is 5.21. The Kier molecular flexibility index (Phi) is 4.79. The highest BCUT2D eigenvalue weighted by Gasteiger charge is 2.08. The summed E-state index contributed by atoms with van der Waals surface area (Å²) in [5.74, 6) is 0.691. The average Bonchev–Trinajstić information content (AvgIpc) is 3.14. The molecule has 0 aliphatic rings. The van der Waals surface area contributed by atoms with Gasteiger partial charge in [0.25, 0.3) is 0 Å². The lowest BCUT2D eigenvalue weighted by Gasteiger charge is -2.04. The van der Waals surface area contributed by atoms with E-state index in [4.69, 9.17) is 16.0 Å². The van der Waals surface area contributed by atoms with E-state index < -0.39 is 0 Å². The van der Waals surface area contributed by atoms with Gasteiger partial charge in [0.2, 0.25) is 4.80 Å². The first-order chi connectivity index (χ1) is 11.1. The lowest BCUT2D eigenvalue weighted by atomic mass is 10.2. The number of hydrogen-bond acceptors (Lipinski definition) is 4. The molecule has 23 heavy (non-hydrogen) atoms. The van der Waals surface area contributed by atoms with Gasteiger partial charge in [-0.15, -0.1) is 11.3 Å². The smallest absolute Gasteiger partial charge is 0.206 e. The molecule has 3 rings (SSSR count). The Morgan fingerprint density at radius 3 is 2.83 bits per heavy atom. The molecular weight excluding hydrogens is 330 g/mol. The normalized spacial score (nSPS) is 12.6. The zero-order chi connectivity index (χ0) is 16.2. The summed E-state index contributed by atoms with van der Waals surface area (Å²) < 4.78 is 7.12. The van der Waals surface area contributed by atoms with Gasteiger partial charge in [-0.25, -0.2) is 4.68 Å². The average molecular weight is 346 g/mol. The van der Waals surface area contributed by atoms with Gasteiger partial charge in [0.15, 0.2) is 0 Å². The molecular formula is C17H16ClN3OS. The molecule has 0 amide bonds. The largest absolute Gasteiger partial charge is 0.463 e. The minimum atomic E-state index is 0.186. The fourth-order valence-corrected chi connectivity index (χ4v) is 3.21. The van der Waals surface area contributed by atoms with Crippen molar-refractivity contribution >= 4 is 29.2 Å². The Morgan fingerprint density at radius 1 is 1.26 bits per heavy atom. The summed E-state index contributed by atoms with van der Waals surface area (Å²) in [6.07, 6.45) is 3.30. The molecule has 0 fully saturated rings. The molecule has 0 saturated heterocycles. The maximum absolute atomic E-state index is 6.11. The molecule has 0 radical (unpaired) electrons. The number of benzene rings is 1. The number of aromatic nitrogens is 1. The molecule has 0 N–H and O–H groups in total. The lowest BCUT2D eigenvalue weighted by molar-refractivity contribution is 0.559. The number of halogens is 1. The van der Waals surface area contributed by atoms with Crippen molar-refractivity contribution in [3.8, 4) is 11.3 Å². The van der Waals surface area contributed by atoms with Crippen LogP contribution in [0.1, 0.15) is 19.6 Å². The van der Waals surface area contributed by atoms with Crippen LogP contribution in [0.2, 0.25) is 5.02 Å². The molecule has 0 unspecified atom stereocenters. The minimum Gasteiger partial charge on any atom is -0.463 e. The Hall–Kier alpha value is -2.11. The summed E-state index contributed by atoms with van der Waals surface area (Å²) in [5.41, 5.74) is 1.94. The van der Waals surface area contributed by atoms with Gasteiger partial charge >= 0.3 is 0 Å². The van der Waals surface area contributed by atoms with Crippen LogP contribution in [-0.2, 0) is 0 Å². The van der Waals surface area contributed by atoms with Crippen molar-refractivity contribution in [3.63, 3.8) is 0 Å². The number of rotatable bonds is 4. The second-order valence-corrected chi connectivity index (χ2v) is 6.48.